The lowest BCUT2D eigenvalue weighted by molar-refractivity contribution is 0.107. The van der Waals surface area contributed by atoms with Gasteiger partial charge in [-0.25, -0.2) is 4.79 Å². The average Bonchev–Trinajstić information content (AvgIpc) is 2.56. The standard InChI is InChI=1S/C22H36O2P/c1-8-9-10-11-12-25(24)22(23)21-19(16(4)5)13-18(15(2)3)14-20(21)17(6)7/h13-17H,8-12H2,1-7H3/q+1. The topological polar surface area (TPSA) is 34.1 Å². The van der Waals surface area contributed by atoms with Crippen molar-refractivity contribution in [3.05, 3.63) is 34.4 Å². The fourth-order valence-corrected chi connectivity index (χ4v) is 4.33. The van der Waals surface area contributed by atoms with Gasteiger partial charge >= 0.3 is 13.3 Å². The Hall–Kier alpha value is -1.01. The Balaban J connectivity index is 3.26. The molecule has 1 aromatic rings. The normalized spacial score (nSPS) is 12.3. The molecular weight excluding hydrogens is 327 g/mol. The molecule has 1 unspecified atom stereocenters. The molecule has 0 fully saturated rings. The van der Waals surface area contributed by atoms with Crippen LogP contribution < -0.4 is 0 Å². The number of rotatable bonds is 10. The monoisotopic (exact) mass is 363 g/mol. The second-order valence-corrected chi connectivity index (χ2v) is 9.62. The van der Waals surface area contributed by atoms with Crippen LogP contribution in [0.5, 0.6) is 0 Å². The molecule has 1 atom stereocenters. The molecule has 0 amide bonds. The highest BCUT2D eigenvalue weighted by Gasteiger charge is 2.34. The third-order valence-corrected chi connectivity index (χ3v) is 6.19. The first-order valence-electron chi connectivity index (χ1n) is 9.87. The molecule has 0 aliphatic rings. The SMILES string of the molecule is CCCCCC[P+](=O)C(=O)c1c(C(C)C)cc(C(C)C)cc1C(C)C. The maximum absolute atomic E-state index is 13.1. The van der Waals surface area contributed by atoms with Gasteiger partial charge in [0.25, 0.3) is 0 Å². The molecule has 2 nitrogen and oxygen atoms in total. The minimum atomic E-state index is -1.83. The molecular formula is C22H36O2P+. The number of carbonyl (C=O) groups excluding carboxylic acids is 1. The number of hydrogen-bond acceptors (Lipinski definition) is 2. The Kier molecular flexibility index (Phi) is 9.00. The molecule has 3 heteroatoms. The molecule has 0 saturated carbocycles. The van der Waals surface area contributed by atoms with Gasteiger partial charge in [-0.2, -0.15) is 0 Å². The maximum Gasteiger partial charge on any atom is 0.420 e. The van der Waals surface area contributed by atoms with E-state index >= 15 is 0 Å². The molecule has 0 aliphatic heterocycles. The van der Waals surface area contributed by atoms with Gasteiger partial charge in [-0.05, 0) is 47.3 Å². The smallest absolute Gasteiger partial charge is 0.234 e. The summed E-state index contributed by atoms with van der Waals surface area (Å²) in [5.74, 6) is 0.916. The van der Waals surface area contributed by atoms with Gasteiger partial charge in [-0.1, -0.05) is 78.0 Å². The van der Waals surface area contributed by atoms with E-state index in [2.05, 4.69) is 60.6 Å². The van der Waals surface area contributed by atoms with Crippen molar-refractivity contribution in [1.29, 1.82) is 0 Å². The molecule has 0 aromatic heterocycles. The Morgan fingerprint density at radius 3 is 1.80 bits per heavy atom. The summed E-state index contributed by atoms with van der Waals surface area (Å²) in [5.41, 5.74) is 4.01. The molecule has 0 spiro atoms. The van der Waals surface area contributed by atoms with Crippen molar-refractivity contribution in [2.45, 2.75) is 91.9 Å². The molecule has 0 bridgehead atoms. The van der Waals surface area contributed by atoms with Crippen molar-refractivity contribution >= 4 is 13.3 Å². The lowest BCUT2D eigenvalue weighted by Crippen LogP contribution is -2.10. The molecule has 1 aromatic carbocycles. The molecule has 140 valence electrons. The first kappa shape index (κ1) is 22.0. The summed E-state index contributed by atoms with van der Waals surface area (Å²) in [4.78, 5) is 13.1. The van der Waals surface area contributed by atoms with Gasteiger partial charge in [0.1, 0.15) is 0 Å². The maximum atomic E-state index is 13.1. The third-order valence-electron chi connectivity index (χ3n) is 4.79. The molecule has 1 rings (SSSR count). The highest BCUT2D eigenvalue weighted by Crippen LogP contribution is 2.38. The molecule has 0 saturated heterocycles. The Morgan fingerprint density at radius 1 is 0.880 bits per heavy atom. The number of unbranched alkanes of at least 4 members (excludes halogenated alkanes) is 3. The largest absolute Gasteiger partial charge is 0.420 e. The summed E-state index contributed by atoms with van der Waals surface area (Å²) in [5, 5.41) is 0. The van der Waals surface area contributed by atoms with E-state index in [1.807, 2.05) is 0 Å². The van der Waals surface area contributed by atoms with Gasteiger partial charge in [0.15, 0.2) is 6.16 Å². The van der Waals surface area contributed by atoms with Crippen LogP contribution in [0.25, 0.3) is 0 Å². The summed E-state index contributed by atoms with van der Waals surface area (Å²) in [6, 6.07) is 4.32. The van der Waals surface area contributed by atoms with Gasteiger partial charge in [-0.3, -0.25) is 0 Å². The van der Waals surface area contributed by atoms with Crippen LogP contribution in [0.1, 0.15) is 119 Å². The molecule has 25 heavy (non-hydrogen) atoms. The van der Waals surface area contributed by atoms with E-state index in [0.29, 0.717) is 12.1 Å². The summed E-state index contributed by atoms with van der Waals surface area (Å²) < 4.78 is 12.7. The van der Waals surface area contributed by atoms with Gasteiger partial charge in [0, 0.05) is 0 Å². The Labute approximate surface area is 155 Å². The van der Waals surface area contributed by atoms with Crippen LogP contribution in [0.4, 0.5) is 0 Å². The second-order valence-electron chi connectivity index (χ2n) is 8.01. The molecule has 0 radical (unpaired) electrons. The first-order chi connectivity index (χ1) is 11.7. The molecule has 0 aliphatic carbocycles. The lowest BCUT2D eigenvalue weighted by Gasteiger charge is -2.19. The van der Waals surface area contributed by atoms with Gasteiger partial charge < -0.3 is 0 Å². The average molecular weight is 364 g/mol. The van der Waals surface area contributed by atoms with Crippen molar-refractivity contribution in [1.82, 2.24) is 0 Å². The number of carbonyl (C=O) groups is 1. The van der Waals surface area contributed by atoms with E-state index in [1.165, 1.54) is 5.56 Å². The summed E-state index contributed by atoms with van der Waals surface area (Å²) in [7, 11) is -1.83. The second kappa shape index (κ2) is 10.2. The van der Waals surface area contributed by atoms with Crippen LogP contribution in [-0.2, 0) is 4.57 Å². The van der Waals surface area contributed by atoms with E-state index in [-0.39, 0.29) is 17.4 Å². The highest BCUT2D eigenvalue weighted by atomic mass is 31.1. The van der Waals surface area contributed by atoms with Crippen molar-refractivity contribution in [3.8, 4) is 0 Å². The third kappa shape index (κ3) is 6.03. The summed E-state index contributed by atoms with van der Waals surface area (Å²) >= 11 is 0. The van der Waals surface area contributed by atoms with Crippen LogP contribution in [0, 0.1) is 0 Å². The zero-order chi connectivity index (χ0) is 19.1. The number of hydrogen-bond donors (Lipinski definition) is 0. The van der Waals surface area contributed by atoms with E-state index < -0.39 is 7.80 Å². The van der Waals surface area contributed by atoms with E-state index in [1.54, 1.807) is 0 Å². The van der Waals surface area contributed by atoms with E-state index in [9.17, 15) is 9.36 Å². The zero-order valence-corrected chi connectivity index (χ0v) is 18.1. The minimum absolute atomic E-state index is 0.130. The highest BCUT2D eigenvalue weighted by molar-refractivity contribution is 7.64. The van der Waals surface area contributed by atoms with Crippen LogP contribution >= 0.6 is 7.80 Å². The predicted molar refractivity (Wildman–Crippen MR) is 110 cm³/mol. The van der Waals surface area contributed by atoms with Crippen molar-refractivity contribution in [3.63, 3.8) is 0 Å². The Morgan fingerprint density at radius 2 is 1.40 bits per heavy atom. The van der Waals surface area contributed by atoms with Crippen molar-refractivity contribution < 1.29 is 9.36 Å². The number of benzene rings is 1. The van der Waals surface area contributed by atoms with Crippen LogP contribution in [0.15, 0.2) is 12.1 Å². The van der Waals surface area contributed by atoms with Crippen LogP contribution in [-0.4, -0.2) is 11.7 Å². The van der Waals surface area contributed by atoms with Crippen molar-refractivity contribution in [2.24, 2.45) is 0 Å². The van der Waals surface area contributed by atoms with Crippen molar-refractivity contribution in [2.75, 3.05) is 6.16 Å². The van der Waals surface area contributed by atoms with Crippen LogP contribution in [0.3, 0.4) is 0 Å². The van der Waals surface area contributed by atoms with Crippen LogP contribution in [0.2, 0.25) is 0 Å². The first-order valence-corrected chi connectivity index (χ1v) is 11.3. The molecule has 0 heterocycles. The molecule has 0 N–H and O–H groups in total. The zero-order valence-electron chi connectivity index (χ0n) is 17.2. The quantitative estimate of drug-likeness (QED) is 0.317. The lowest BCUT2D eigenvalue weighted by atomic mass is 9.85. The summed E-state index contributed by atoms with van der Waals surface area (Å²) in [6.45, 7) is 15.0. The van der Waals surface area contributed by atoms with E-state index in [4.69, 9.17) is 0 Å². The van der Waals surface area contributed by atoms with Gasteiger partial charge in [-0.15, -0.1) is 0 Å². The van der Waals surface area contributed by atoms with Gasteiger partial charge in [0.2, 0.25) is 0 Å². The predicted octanol–water partition coefficient (Wildman–Crippen LogP) is 7.60. The minimum Gasteiger partial charge on any atom is -0.234 e. The fraction of sp³-hybridized carbons (Fsp3) is 0.682. The summed E-state index contributed by atoms with van der Waals surface area (Å²) in [6.07, 6.45) is 4.76. The van der Waals surface area contributed by atoms with E-state index in [0.717, 1.165) is 42.4 Å². The fourth-order valence-electron chi connectivity index (χ4n) is 3.11. The van der Waals surface area contributed by atoms with Gasteiger partial charge in [0.05, 0.1) is 5.56 Å². The Bertz CT molecular complexity index is 571.